The SMILES string of the molecule is CCCN1CCOC(C(O)C2CC3CCC2C3)C1. The van der Waals surface area contributed by atoms with Crippen LogP contribution in [0.5, 0.6) is 0 Å². The van der Waals surface area contributed by atoms with Gasteiger partial charge in [-0.1, -0.05) is 13.3 Å². The van der Waals surface area contributed by atoms with Crippen molar-refractivity contribution >= 4 is 0 Å². The minimum atomic E-state index is -0.222. The average Bonchev–Trinajstić information content (AvgIpc) is 3.01. The van der Waals surface area contributed by atoms with E-state index in [1.165, 1.54) is 32.1 Å². The third-order valence-electron chi connectivity index (χ3n) is 5.33. The Morgan fingerprint density at radius 2 is 2.22 bits per heavy atom. The molecule has 0 radical (unpaired) electrons. The zero-order valence-electron chi connectivity index (χ0n) is 11.6. The lowest BCUT2D eigenvalue weighted by atomic mass is 9.82. The van der Waals surface area contributed by atoms with Crippen molar-refractivity contribution in [2.24, 2.45) is 17.8 Å². The van der Waals surface area contributed by atoms with Crippen LogP contribution in [0.4, 0.5) is 0 Å². The van der Waals surface area contributed by atoms with Crippen LogP contribution < -0.4 is 0 Å². The van der Waals surface area contributed by atoms with Crippen LogP contribution in [-0.2, 0) is 4.74 Å². The Morgan fingerprint density at radius 1 is 1.33 bits per heavy atom. The molecular weight excluding hydrogens is 226 g/mol. The summed E-state index contributed by atoms with van der Waals surface area (Å²) in [5, 5.41) is 10.6. The number of aliphatic hydroxyl groups excluding tert-OH is 1. The lowest BCUT2D eigenvalue weighted by Gasteiger charge is -2.38. The third kappa shape index (κ3) is 2.45. The van der Waals surface area contributed by atoms with Crippen LogP contribution in [0.2, 0.25) is 0 Å². The van der Waals surface area contributed by atoms with Gasteiger partial charge < -0.3 is 9.84 Å². The summed E-state index contributed by atoms with van der Waals surface area (Å²) in [4.78, 5) is 2.45. The Hall–Kier alpha value is -0.120. The summed E-state index contributed by atoms with van der Waals surface area (Å²) < 4.78 is 5.84. The first-order chi connectivity index (χ1) is 8.78. The molecule has 3 heteroatoms. The van der Waals surface area contributed by atoms with Crippen molar-refractivity contribution in [1.82, 2.24) is 4.90 Å². The van der Waals surface area contributed by atoms with Crippen molar-refractivity contribution in [3.05, 3.63) is 0 Å². The molecule has 1 N–H and O–H groups in total. The summed E-state index contributed by atoms with van der Waals surface area (Å²) in [6.07, 6.45) is 6.40. The van der Waals surface area contributed by atoms with Gasteiger partial charge in [-0.2, -0.15) is 0 Å². The fraction of sp³-hybridized carbons (Fsp3) is 1.00. The van der Waals surface area contributed by atoms with Crippen LogP contribution in [0, 0.1) is 17.8 Å². The fourth-order valence-electron chi connectivity index (χ4n) is 4.45. The van der Waals surface area contributed by atoms with E-state index in [0.29, 0.717) is 5.92 Å². The molecule has 5 atom stereocenters. The van der Waals surface area contributed by atoms with E-state index in [2.05, 4.69) is 11.8 Å². The Morgan fingerprint density at radius 3 is 2.89 bits per heavy atom. The van der Waals surface area contributed by atoms with E-state index >= 15 is 0 Å². The second kappa shape index (κ2) is 5.48. The number of morpholine rings is 1. The number of hydrogen-bond donors (Lipinski definition) is 1. The normalized spacial score (nSPS) is 42.3. The molecule has 2 saturated carbocycles. The predicted octanol–water partition coefficient (Wildman–Crippen LogP) is 1.89. The van der Waals surface area contributed by atoms with Gasteiger partial charge >= 0.3 is 0 Å². The van der Waals surface area contributed by atoms with Gasteiger partial charge in [0.25, 0.3) is 0 Å². The topological polar surface area (TPSA) is 32.7 Å². The van der Waals surface area contributed by atoms with Gasteiger partial charge in [0.1, 0.15) is 0 Å². The molecule has 3 nitrogen and oxygen atoms in total. The molecule has 5 unspecified atom stereocenters. The van der Waals surface area contributed by atoms with Gasteiger partial charge in [0.2, 0.25) is 0 Å². The average molecular weight is 253 g/mol. The van der Waals surface area contributed by atoms with E-state index in [9.17, 15) is 5.11 Å². The largest absolute Gasteiger partial charge is 0.390 e. The van der Waals surface area contributed by atoms with E-state index in [4.69, 9.17) is 4.74 Å². The molecule has 1 aliphatic heterocycles. The minimum Gasteiger partial charge on any atom is -0.390 e. The molecule has 104 valence electrons. The van der Waals surface area contributed by atoms with E-state index in [0.717, 1.165) is 38.1 Å². The summed E-state index contributed by atoms with van der Waals surface area (Å²) in [6, 6.07) is 0. The van der Waals surface area contributed by atoms with Crippen LogP contribution in [0.1, 0.15) is 39.0 Å². The van der Waals surface area contributed by atoms with Crippen LogP contribution >= 0.6 is 0 Å². The Kier molecular flexibility index (Phi) is 3.92. The molecule has 0 amide bonds. The zero-order chi connectivity index (χ0) is 12.5. The quantitative estimate of drug-likeness (QED) is 0.830. The van der Waals surface area contributed by atoms with Crippen molar-refractivity contribution < 1.29 is 9.84 Å². The predicted molar refractivity (Wildman–Crippen MR) is 71.4 cm³/mol. The molecule has 3 aliphatic rings. The Balaban J connectivity index is 1.56. The Labute approximate surface area is 110 Å². The van der Waals surface area contributed by atoms with Gasteiger partial charge in [-0.25, -0.2) is 0 Å². The second-order valence-corrected chi connectivity index (χ2v) is 6.54. The van der Waals surface area contributed by atoms with Crippen LogP contribution in [-0.4, -0.2) is 48.5 Å². The van der Waals surface area contributed by atoms with Gasteiger partial charge in [0, 0.05) is 13.1 Å². The van der Waals surface area contributed by atoms with Crippen LogP contribution in [0.15, 0.2) is 0 Å². The smallest absolute Gasteiger partial charge is 0.0963 e. The first kappa shape index (κ1) is 12.9. The number of fused-ring (bicyclic) bond motifs is 2. The number of rotatable bonds is 4. The molecule has 0 aromatic heterocycles. The third-order valence-corrected chi connectivity index (χ3v) is 5.33. The molecule has 0 spiro atoms. The number of ether oxygens (including phenoxy) is 1. The van der Waals surface area contributed by atoms with E-state index in [1.807, 2.05) is 0 Å². The molecule has 18 heavy (non-hydrogen) atoms. The lowest BCUT2D eigenvalue weighted by molar-refractivity contribution is -0.112. The van der Waals surface area contributed by atoms with Crippen molar-refractivity contribution in [2.45, 2.75) is 51.2 Å². The molecule has 1 heterocycles. The van der Waals surface area contributed by atoms with Crippen molar-refractivity contribution in [2.75, 3.05) is 26.2 Å². The summed E-state index contributed by atoms with van der Waals surface area (Å²) in [5.41, 5.74) is 0. The van der Waals surface area contributed by atoms with E-state index in [1.54, 1.807) is 0 Å². The monoisotopic (exact) mass is 253 g/mol. The minimum absolute atomic E-state index is 0.0645. The van der Waals surface area contributed by atoms with Crippen LogP contribution in [0.3, 0.4) is 0 Å². The maximum absolute atomic E-state index is 10.6. The van der Waals surface area contributed by atoms with Crippen molar-refractivity contribution in [1.29, 1.82) is 0 Å². The highest BCUT2D eigenvalue weighted by molar-refractivity contribution is 4.96. The molecule has 0 aromatic carbocycles. The Bertz CT molecular complexity index is 282. The number of aliphatic hydroxyl groups is 1. The van der Waals surface area contributed by atoms with Gasteiger partial charge in [-0.05, 0) is 50.0 Å². The first-order valence-corrected chi connectivity index (χ1v) is 7.80. The zero-order valence-corrected chi connectivity index (χ0v) is 11.6. The highest BCUT2D eigenvalue weighted by Gasteiger charge is 2.45. The highest BCUT2D eigenvalue weighted by Crippen LogP contribution is 2.50. The van der Waals surface area contributed by atoms with Gasteiger partial charge in [0.05, 0.1) is 18.8 Å². The molecule has 2 aliphatic carbocycles. The molecule has 3 rings (SSSR count). The molecule has 1 saturated heterocycles. The van der Waals surface area contributed by atoms with E-state index < -0.39 is 0 Å². The maximum atomic E-state index is 10.6. The maximum Gasteiger partial charge on any atom is 0.0963 e. The standard InChI is InChI=1S/C15H27NO2/c1-2-5-16-6-7-18-14(10-16)15(17)13-9-11-3-4-12(13)8-11/h11-15,17H,2-10H2,1H3. The number of hydrogen-bond acceptors (Lipinski definition) is 3. The van der Waals surface area contributed by atoms with Crippen molar-refractivity contribution in [3.8, 4) is 0 Å². The molecule has 0 aromatic rings. The lowest BCUT2D eigenvalue weighted by Crippen LogP contribution is -2.50. The molecule has 2 bridgehead atoms. The number of nitrogens with zero attached hydrogens (tertiary/aromatic N) is 1. The second-order valence-electron chi connectivity index (χ2n) is 6.54. The van der Waals surface area contributed by atoms with Crippen molar-refractivity contribution in [3.63, 3.8) is 0 Å². The first-order valence-electron chi connectivity index (χ1n) is 7.80. The fourth-order valence-corrected chi connectivity index (χ4v) is 4.45. The van der Waals surface area contributed by atoms with Gasteiger partial charge in [0.15, 0.2) is 0 Å². The summed E-state index contributed by atoms with van der Waals surface area (Å²) in [6.45, 7) is 6.12. The highest BCUT2D eigenvalue weighted by atomic mass is 16.5. The van der Waals surface area contributed by atoms with Crippen LogP contribution in [0.25, 0.3) is 0 Å². The summed E-state index contributed by atoms with van der Waals surface area (Å²) >= 11 is 0. The van der Waals surface area contributed by atoms with E-state index in [-0.39, 0.29) is 12.2 Å². The van der Waals surface area contributed by atoms with Gasteiger partial charge in [-0.3, -0.25) is 4.90 Å². The summed E-state index contributed by atoms with van der Waals surface area (Å²) in [7, 11) is 0. The summed E-state index contributed by atoms with van der Waals surface area (Å²) in [5.74, 6) is 2.22. The molecular formula is C15H27NO2. The molecule has 3 fully saturated rings. The van der Waals surface area contributed by atoms with Gasteiger partial charge in [-0.15, -0.1) is 0 Å².